The lowest BCUT2D eigenvalue weighted by atomic mass is 10.2. The lowest BCUT2D eigenvalue weighted by Crippen LogP contribution is -2.51. The molecule has 1 saturated heterocycles. The van der Waals surface area contributed by atoms with Crippen molar-refractivity contribution in [2.75, 3.05) is 55.9 Å². The van der Waals surface area contributed by atoms with E-state index in [-0.39, 0.29) is 5.11 Å². The lowest BCUT2D eigenvalue weighted by molar-refractivity contribution is 0.385. The summed E-state index contributed by atoms with van der Waals surface area (Å²) in [4.78, 5) is 18.2. The van der Waals surface area contributed by atoms with Gasteiger partial charge < -0.3 is 24.6 Å². The molecular weight excluding hydrogens is 510 g/mol. The summed E-state index contributed by atoms with van der Waals surface area (Å²) >= 11 is 11.7. The number of piperazine rings is 1. The Morgan fingerprint density at radius 1 is 0.919 bits per heavy atom. The van der Waals surface area contributed by atoms with Gasteiger partial charge in [0.05, 0.1) is 19.9 Å². The number of rotatable bonds is 5. The molecular formula is C26H30ClN7O2S. The third-order valence-corrected chi connectivity index (χ3v) is 6.28. The Morgan fingerprint density at radius 3 is 2.22 bits per heavy atom. The van der Waals surface area contributed by atoms with Crippen molar-refractivity contribution >= 4 is 52.2 Å². The molecule has 194 valence electrons. The smallest absolute Gasteiger partial charge is 0.229 e. The summed E-state index contributed by atoms with van der Waals surface area (Å²) < 4.78 is 10.8. The Hall–Kier alpha value is -3.63. The molecule has 1 aliphatic heterocycles. The monoisotopic (exact) mass is 539 g/mol. The van der Waals surface area contributed by atoms with Crippen LogP contribution in [0.3, 0.4) is 0 Å². The molecule has 1 aliphatic rings. The molecule has 0 amide bonds. The molecule has 9 nitrogen and oxygen atoms in total. The van der Waals surface area contributed by atoms with Crippen LogP contribution in [0.5, 0.6) is 11.5 Å². The van der Waals surface area contributed by atoms with Crippen molar-refractivity contribution in [2.45, 2.75) is 13.8 Å². The first-order valence-corrected chi connectivity index (χ1v) is 12.6. The fourth-order valence-corrected chi connectivity index (χ4v) is 4.35. The summed E-state index contributed by atoms with van der Waals surface area (Å²) in [5, 5.41) is 7.46. The highest BCUT2D eigenvalue weighted by atomic mass is 35.5. The molecule has 0 radical (unpaired) electrons. The normalized spacial score (nSPS) is 13.8. The van der Waals surface area contributed by atoms with Crippen LogP contribution >= 0.6 is 23.8 Å². The second-order valence-corrected chi connectivity index (χ2v) is 9.30. The molecule has 0 saturated carbocycles. The van der Waals surface area contributed by atoms with E-state index in [2.05, 4.69) is 30.4 Å². The van der Waals surface area contributed by atoms with Gasteiger partial charge in [0.15, 0.2) is 0 Å². The van der Waals surface area contributed by atoms with Crippen molar-refractivity contribution in [3.63, 3.8) is 0 Å². The number of hydrogen-bond donors (Lipinski definition) is 2. The molecule has 1 fully saturated rings. The fourth-order valence-electron chi connectivity index (χ4n) is 4.03. The molecule has 4 rings (SSSR count). The van der Waals surface area contributed by atoms with Crippen LogP contribution in [0.1, 0.15) is 11.4 Å². The molecule has 0 aliphatic carbocycles. The largest absolute Gasteiger partial charge is 0.497 e. The molecule has 2 aromatic carbocycles. The van der Waals surface area contributed by atoms with Gasteiger partial charge in [0, 0.05) is 54.3 Å². The maximum atomic E-state index is 6.06. The number of nitrogens with one attached hydrogen (secondary N) is 2. The van der Waals surface area contributed by atoms with E-state index in [1.807, 2.05) is 56.3 Å². The van der Waals surface area contributed by atoms with Crippen molar-refractivity contribution in [3.05, 3.63) is 64.9 Å². The number of benzene rings is 2. The molecule has 37 heavy (non-hydrogen) atoms. The number of aryl methyl sites for hydroxylation is 2. The molecule has 0 bridgehead atoms. The lowest BCUT2D eigenvalue weighted by Gasteiger charge is -2.37. The van der Waals surface area contributed by atoms with Gasteiger partial charge in [0.1, 0.15) is 11.5 Å². The summed E-state index contributed by atoms with van der Waals surface area (Å²) in [7, 11) is 3.20. The average molecular weight is 540 g/mol. The highest BCUT2D eigenvalue weighted by Gasteiger charge is 2.22. The van der Waals surface area contributed by atoms with E-state index in [0.717, 1.165) is 48.3 Å². The molecule has 0 atom stereocenters. The zero-order chi connectivity index (χ0) is 26.4. The highest BCUT2D eigenvalue weighted by molar-refractivity contribution is 7.80. The van der Waals surface area contributed by atoms with Crippen LogP contribution in [0, 0.1) is 13.8 Å². The first-order chi connectivity index (χ1) is 17.8. The number of halogens is 1. The van der Waals surface area contributed by atoms with Crippen molar-refractivity contribution < 1.29 is 9.47 Å². The summed E-state index contributed by atoms with van der Waals surface area (Å²) in [5.74, 6) is 2.33. The minimum atomic E-state index is 0.274. The van der Waals surface area contributed by atoms with Crippen molar-refractivity contribution in [3.8, 4) is 11.5 Å². The van der Waals surface area contributed by atoms with Crippen molar-refractivity contribution in [1.29, 1.82) is 0 Å². The minimum Gasteiger partial charge on any atom is -0.497 e. The zero-order valence-electron chi connectivity index (χ0n) is 21.3. The maximum Gasteiger partial charge on any atom is 0.229 e. The summed E-state index contributed by atoms with van der Waals surface area (Å²) in [6.45, 7) is 6.94. The quantitative estimate of drug-likeness (QED) is 0.271. The van der Waals surface area contributed by atoms with Crippen LogP contribution in [0.2, 0.25) is 5.02 Å². The molecule has 3 aromatic rings. The average Bonchev–Trinajstić information content (AvgIpc) is 2.88. The van der Waals surface area contributed by atoms with Gasteiger partial charge >= 0.3 is 0 Å². The van der Waals surface area contributed by atoms with E-state index in [9.17, 15) is 0 Å². The predicted octanol–water partition coefficient (Wildman–Crippen LogP) is 4.75. The second kappa shape index (κ2) is 12.1. The van der Waals surface area contributed by atoms with Gasteiger partial charge in [-0.15, -0.1) is 0 Å². The maximum absolute atomic E-state index is 6.06. The number of guanidine groups is 1. The Balaban J connectivity index is 1.55. The minimum absolute atomic E-state index is 0.274. The van der Waals surface area contributed by atoms with E-state index >= 15 is 0 Å². The Bertz CT molecular complexity index is 1260. The molecule has 2 heterocycles. The van der Waals surface area contributed by atoms with Gasteiger partial charge in [-0.1, -0.05) is 11.6 Å². The first kappa shape index (κ1) is 26.4. The zero-order valence-corrected chi connectivity index (χ0v) is 22.9. The number of methoxy groups -OCH3 is 2. The number of hydrogen-bond acceptors (Lipinski definition) is 6. The van der Waals surface area contributed by atoms with Crippen molar-refractivity contribution in [2.24, 2.45) is 4.99 Å². The molecule has 0 unspecified atom stereocenters. The van der Waals surface area contributed by atoms with E-state index in [1.54, 1.807) is 20.3 Å². The summed E-state index contributed by atoms with van der Waals surface area (Å²) in [6, 6.07) is 15.3. The van der Waals surface area contributed by atoms with Crippen LogP contribution in [0.15, 0.2) is 53.5 Å². The topological polar surface area (TPSA) is 87.1 Å². The van der Waals surface area contributed by atoms with Crippen molar-refractivity contribution in [1.82, 2.24) is 14.9 Å². The number of ether oxygens (including phenoxy) is 2. The first-order valence-electron chi connectivity index (χ1n) is 11.8. The number of nitrogens with zero attached hydrogens (tertiary/aromatic N) is 5. The molecule has 2 N–H and O–H groups in total. The number of anilines is 3. The van der Waals surface area contributed by atoms with E-state index in [0.29, 0.717) is 29.1 Å². The van der Waals surface area contributed by atoms with Gasteiger partial charge in [-0.3, -0.25) is 5.32 Å². The Labute approximate surface area is 227 Å². The van der Waals surface area contributed by atoms with Gasteiger partial charge in [-0.05, 0) is 68.5 Å². The Kier molecular flexibility index (Phi) is 8.62. The highest BCUT2D eigenvalue weighted by Crippen LogP contribution is 2.29. The van der Waals surface area contributed by atoms with Crippen LogP contribution in [0.4, 0.5) is 17.3 Å². The second-order valence-electron chi connectivity index (χ2n) is 8.48. The molecule has 0 spiro atoms. The van der Waals surface area contributed by atoms with Gasteiger partial charge in [-0.25, -0.2) is 9.97 Å². The predicted molar refractivity (Wildman–Crippen MR) is 154 cm³/mol. The fraction of sp³-hybridized carbons (Fsp3) is 0.308. The molecule has 1 aromatic heterocycles. The summed E-state index contributed by atoms with van der Waals surface area (Å²) in [5.41, 5.74) is 3.56. The van der Waals surface area contributed by atoms with Gasteiger partial charge in [-0.2, -0.15) is 4.99 Å². The standard InChI is InChI=1S/C26H30ClN7O2S/c1-17-15-18(2)29-24(28-17)31-25(32-26(37)30-22-10-9-21(35-3)16-23(22)36-4)34-13-11-33(12-14-34)20-7-5-19(27)6-8-20/h5-10,15-16H,11-14H2,1-4H3,(H2,28,29,30,31,32,37). The number of thiocarbonyl (C=S) groups is 1. The van der Waals surface area contributed by atoms with Crippen LogP contribution in [-0.2, 0) is 0 Å². The van der Waals surface area contributed by atoms with E-state index in [1.165, 1.54) is 0 Å². The SMILES string of the molecule is COc1ccc(NC(=S)/N=C(/Nc2nc(C)cc(C)n2)N2CCN(c3ccc(Cl)cc3)CC2)c(OC)c1. The van der Waals surface area contributed by atoms with E-state index in [4.69, 9.17) is 38.3 Å². The molecule has 11 heteroatoms. The van der Waals surface area contributed by atoms with Crippen LogP contribution in [0.25, 0.3) is 0 Å². The van der Waals surface area contributed by atoms with E-state index < -0.39 is 0 Å². The van der Waals surface area contributed by atoms with Gasteiger partial charge in [0.25, 0.3) is 0 Å². The summed E-state index contributed by atoms with van der Waals surface area (Å²) in [6.07, 6.45) is 0. The third-order valence-electron chi connectivity index (χ3n) is 5.83. The van der Waals surface area contributed by atoms with Crippen LogP contribution in [-0.4, -0.2) is 66.3 Å². The van der Waals surface area contributed by atoms with Crippen LogP contribution < -0.4 is 25.0 Å². The van der Waals surface area contributed by atoms with Gasteiger partial charge in [0.2, 0.25) is 17.0 Å². The number of aromatic nitrogens is 2. The number of aliphatic imine (C=N–C) groups is 1. The Morgan fingerprint density at radius 2 is 1.59 bits per heavy atom. The third kappa shape index (κ3) is 6.99.